The van der Waals surface area contributed by atoms with Gasteiger partial charge in [0.1, 0.15) is 4.88 Å². The highest BCUT2D eigenvalue weighted by molar-refractivity contribution is 7.12. The van der Waals surface area contributed by atoms with Crippen LogP contribution in [0.15, 0.2) is 11.4 Å². The zero-order chi connectivity index (χ0) is 12.3. The largest absolute Gasteiger partial charge is 0.335 e. The van der Waals surface area contributed by atoms with Gasteiger partial charge in [-0.3, -0.25) is 4.79 Å². The van der Waals surface area contributed by atoms with E-state index in [1.165, 1.54) is 11.3 Å². The number of nitrogens with two attached hydrogens (primary N) is 1. The van der Waals surface area contributed by atoms with Gasteiger partial charge in [-0.25, -0.2) is 0 Å². The maximum absolute atomic E-state index is 12.3. The van der Waals surface area contributed by atoms with E-state index >= 15 is 0 Å². The summed E-state index contributed by atoms with van der Waals surface area (Å²) < 4.78 is 0. The fourth-order valence-electron chi connectivity index (χ4n) is 2.08. The Morgan fingerprint density at radius 2 is 2.53 bits per heavy atom. The Balaban J connectivity index is 2.22. The number of nitrogens with zero attached hydrogens (tertiary/aromatic N) is 1. The first-order valence-corrected chi connectivity index (χ1v) is 6.69. The van der Waals surface area contributed by atoms with Crippen LogP contribution in [0.4, 0.5) is 0 Å². The van der Waals surface area contributed by atoms with E-state index in [-0.39, 0.29) is 5.91 Å². The van der Waals surface area contributed by atoms with Crippen molar-refractivity contribution in [3.05, 3.63) is 21.9 Å². The maximum atomic E-state index is 12.3. The summed E-state index contributed by atoms with van der Waals surface area (Å²) in [6.07, 6.45) is 2.20. The number of hydrogen-bond donors (Lipinski definition) is 1. The molecule has 4 heteroatoms. The normalized spacial score (nSPS) is 18.9. The average Bonchev–Trinajstić information content (AvgIpc) is 2.94. The van der Waals surface area contributed by atoms with Crippen molar-refractivity contribution in [2.45, 2.75) is 25.8 Å². The standard InChI is InChI=1S/C13H16N2OS/c1-10-4-3-8-15(10)13(16)12-11(5-2-7-14)6-9-17-12/h6,9-10H,3-4,7-8,14H2,1H3. The second-order valence-electron chi connectivity index (χ2n) is 4.16. The van der Waals surface area contributed by atoms with Crippen LogP contribution >= 0.6 is 11.3 Å². The van der Waals surface area contributed by atoms with Crippen LogP contribution in [-0.2, 0) is 0 Å². The molecule has 1 aliphatic rings. The molecule has 1 aromatic heterocycles. The SMILES string of the molecule is CC1CCCN1C(=O)c1sccc1C#CCN. The predicted octanol–water partition coefficient (Wildman–Crippen LogP) is 1.68. The van der Waals surface area contributed by atoms with Gasteiger partial charge < -0.3 is 10.6 Å². The molecule has 2 rings (SSSR count). The molecule has 1 fully saturated rings. The molecule has 0 aliphatic carbocycles. The highest BCUT2D eigenvalue weighted by Crippen LogP contribution is 2.24. The van der Waals surface area contributed by atoms with Gasteiger partial charge >= 0.3 is 0 Å². The van der Waals surface area contributed by atoms with Crippen LogP contribution in [0.3, 0.4) is 0 Å². The topological polar surface area (TPSA) is 46.3 Å². The van der Waals surface area contributed by atoms with Gasteiger partial charge in [0.2, 0.25) is 0 Å². The summed E-state index contributed by atoms with van der Waals surface area (Å²) in [6, 6.07) is 2.24. The summed E-state index contributed by atoms with van der Waals surface area (Å²) in [4.78, 5) is 15.0. The zero-order valence-electron chi connectivity index (χ0n) is 9.90. The van der Waals surface area contributed by atoms with Crippen molar-refractivity contribution in [3.8, 4) is 11.8 Å². The van der Waals surface area contributed by atoms with Gasteiger partial charge in [0.15, 0.2) is 0 Å². The first kappa shape index (κ1) is 12.2. The summed E-state index contributed by atoms with van der Waals surface area (Å²) in [5, 5.41) is 1.91. The Bertz CT molecular complexity index is 469. The number of thiophene rings is 1. The Morgan fingerprint density at radius 1 is 1.71 bits per heavy atom. The van der Waals surface area contributed by atoms with Crippen LogP contribution in [0.2, 0.25) is 0 Å². The van der Waals surface area contributed by atoms with E-state index in [9.17, 15) is 4.79 Å². The molecule has 1 aromatic rings. The lowest BCUT2D eigenvalue weighted by atomic mass is 10.2. The minimum absolute atomic E-state index is 0.117. The van der Waals surface area contributed by atoms with Crippen molar-refractivity contribution < 1.29 is 4.79 Å². The smallest absolute Gasteiger partial charge is 0.265 e. The molecule has 2 heterocycles. The summed E-state index contributed by atoms with van der Waals surface area (Å²) in [5.41, 5.74) is 6.16. The molecule has 17 heavy (non-hydrogen) atoms. The van der Waals surface area contributed by atoms with Crippen molar-refractivity contribution >= 4 is 17.2 Å². The molecule has 1 unspecified atom stereocenters. The Labute approximate surface area is 106 Å². The van der Waals surface area contributed by atoms with Gasteiger partial charge in [-0.05, 0) is 31.2 Å². The van der Waals surface area contributed by atoms with Crippen LogP contribution in [0.5, 0.6) is 0 Å². The molecule has 0 bridgehead atoms. The fraction of sp³-hybridized carbons (Fsp3) is 0.462. The maximum Gasteiger partial charge on any atom is 0.265 e. The number of likely N-dealkylation sites (tertiary alicyclic amines) is 1. The molecule has 0 aromatic carbocycles. The number of rotatable bonds is 1. The molecular formula is C13H16N2OS. The Morgan fingerprint density at radius 3 is 3.18 bits per heavy atom. The first-order valence-electron chi connectivity index (χ1n) is 5.81. The Hall–Kier alpha value is -1.31. The van der Waals surface area contributed by atoms with Gasteiger partial charge in [-0.2, -0.15) is 0 Å². The van der Waals surface area contributed by atoms with Gasteiger partial charge in [-0.1, -0.05) is 11.8 Å². The zero-order valence-corrected chi connectivity index (χ0v) is 10.7. The highest BCUT2D eigenvalue weighted by atomic mass is 32.1. The second-order valence-corrected chi connectivity index (χ2v) is 5.08. The lowest BCUT2D eigenvalue weighted by molar-refractivity contribution is 0.0752. The van der Waals surface area contributed by atoms with Crippen LogP contribution in [0.1, 0.15) is 35.0 Å². The molecule has 3 nitrogen and oxygen atoms in total. The van der Waals surface area contributed by atoms with Crippen molar-refractivity contribution in [1.82, 2.24) is 4.90 Å². The molecule has 2 N–H and O–H groups in total. The molecule has 0 saturated carbocycles. The Kier molecular flexibility index (Phi) is 3.82. The molecule has 1 atom stereocenters. The third-order valence-corrected chi connectivity index (χ3v) is 3.90. The van der Waals surface area contributed by atoms with Gasteiger partial charge in [0.05, 0.1) is 6.54 Å². The molecular weight excluding hydrogens is 232 g/mol. The molecule has 1 saturated heterocycles. The van der Waals surface area contributed by atoms with Crippen molar-refractivity contribution in [2.24, 2.45) is 5.73 Å². The summed E-state index contributed by atoms with van der Waals surface area (Å²) in [6.45, 7) is 3.29. The van der Waals surface area contributed by atoms with Gasteiger partial charge in [-0.15, -0.1) is 11.3 Å². The van der Waals surface area contributed by atoms with Crippen molar-refractivity contribution in [1.29, 1.82) is 0 Å². The van der Waals surface area contributed by atoms with Gasteiger partial charge in [0.25, 0.3) is 5.91 Å². The van der Waals surface area contributed by atoms with Crippen LogP contribution < -0.4 is 5.73 Å². The van der Waals surface area contributed by atoms with E-state index in [1.54, 1.807) is 0 Å². The van der Waals surface area contributed by atoms with E-state index in [0.29, 0.717) is 12.6 Å². The van der Waals surface area contributed by atoms with Gasteiger partial charge in [0, 0.05) is 18.2 Å². The quantitative estimate of drug-likeness (QED) is 0.769. The second kappa shape index (κ2) is 5.35. The summed E-state index contributed by atoms with van der Waals surface area (Å²) >= 11 is 1.46. The monoisotopic (exact) mass is 248 g/mol. The molecule has 0 spiro atoms. The molecule has 0 radical (unpaired) electrons. The number of amides is 1. The number of carbonyl (C=O) groups excluding carboxylic acids is 1. The van der Waals surface area contributed by atoms with Crippen molar-refractivity contribution in [2.75, 3.05) is 13.1 Å². The minimum atomic E-state index is 0.117. The van der Waals surface area contributed by atoms with E-state index in [2.05, 4.69) is 18.8 Å². The molecule has 1 aliphatic heterocycles. The fourth-order valence-corrected chi connectivity index (χ4v) is 2.89. The predicted molar refractivity (Wildman–Crippen MR) is 70.0 cm³/mol. The van der Waals surface area contributed by atoms with Crippen LogP contribution in [0, 0.1) is 11.8 Å². The number of hydrogen-bond acceptors (Lipinski definition) is 3. The van der Waals surface area contributed by atoms with Crippen LogP contribution in [0.25, 0.3) is 0 Å². The third-order valence-electron chi connectivity index (χ3n) is 3.00. The van der Waals surface area contributed by atoms with Crippen molar-refractivity contribution in [3.63, 3.8) is 0 Å². The van der Waals surface area contributed by atoms with E-state index < -0.39 is 0 Å². The molecule has 90 valence electrons. The average molecular weight is 248 g/mol. The molecule has 1 amide bonds. The van der Waals surface area contributed by atoms with E-state index in [1.807, 2.05) is 16.3 Å². The van der Waals surface area contributed by atoms with Crippen LogP contribution in [-0.4, -0.2) is 29.9 Å². The highest BCUT2D eigenvalue weighted by Gasteiger charge is 2.27. The first-order chi connectivity index (χ1) is 8.24. The summed E-state index contributed by atoms with van der Waals surface area (Å²) in [7, 11) is 0. The third kappa shape index (κ3) is 2.51. The minimum Gasteiger partial charge on any atom is -0.335 e. The van der Waals surface area contributed by atoms with E-state index in [4.69, 9.17) is 5.73 Å². The summed E-state index contributed by atoms with van der Waals surface area (Å²) in [5.74, 6) is 5.88. The lowest BCUT2D eigenvalue weighted by Gasteiger charge is -2.20. The lowest BCUT2D eigenvalue weighted by Crippen LogP contribution is -2.33. The van der Waals surface area contributed by atoms with E-state index in [0.717, 1.165) is 29.8 Å². The number of carbonyl (C=O) groups is 1.